The molecule has 77 valence electrons. The fourth-order valence-electron chi connectivity index (χ4n) is 1.75. The average Bonchev–Trinajstić information content (AvgIpc) is 2.29. The molecule has 1 radical (unpaired) electrons. The molecule has 0 bridgehead atoms. The van der Waals surface area contributed by atoms with Crippen LogP contribution in [0.2, 0.25) is 0 Å². The number of nitrogens with one attached hydrogen (secondary N) is 1. The topological polar surface area (TPSA) is 12.0 Å². The normalized spacial score (nSPS) is 12.9. The van der Waals surface area contributed by atoms with Crippen LogP contribution in [0.3, 0.4) is 0 Å². The second-order valence-electron chi connectivity index (χ2n) is 3.87. The number of hydrogen-bond acceptors (Lipinski definition) is 1. The van der Waals surface area contributed by atoms with Crippen molar-refractivity contribution in [1.82, 2.24) is 5.32 Å². The molecule has 2 aromatic carbocycles. The molecule has 15 heavy (non-hydrogen) atoms. The van der Waals surface area contributed by atoms with Gasteiger partial charge in [0.1, 0.15) is 0 Å². The van der Waals surface area contributed by atoms with Crippen LogP contribution < -0.4 is 5.32 Å². The van der Waals surface area contributed by atoms with Crippen LogP contribution in [0.4, 0.5) is 0 Å². The monoisotopic (exact) mass is 198 g/mol. The molecule has 0 fully saturated rings. The number of benzene rings is 2. The maximum absolute atomic E-state index is 4.02. The highest BCUT2D eigenvalue weighted by Crippen LogP contribution is 2.16. The minimum Gasteiger partial charge on any atom is -0.317 e. The summed E-state index contributed by atoms with van der Waals surface area (Å²) in [5.41, 5.74) is 1.34. The van der Waals surface area contributed by atoms with Crippen LogP contribution in [0.25, 0.3) is 10.8 Å². The highest BCUT2D eigenvalue weighted by atomic mass is 14.8. The maximum Gasteiger partial charge on any atom is 0.0105 e. The van der Waals surface area contributed by atoms with Crippen molar-refractivity contribution >= 4 is 10.8 Å². The lowest BCUT2D eigenvalue weighted by Gasteiger charge is -2.10. The highest BCUT2D eigenvalue weighted by Gasteiger charge is 2.01. The van der Waals surface area contributed by atoms with Crippen molar-refractivity contribution in [2.24, 2.45) is 0 Å². The van der Waals surface area contributed by atoms with Gasteiger partial charge in [0.05, 0.1) is 0 Å². The van der Waals surface area contributed by atoms with E-state index in [1.165, 1.54) is 16.3 Å². The fourth-order valence-corrected chi connectivity index (χ4v) is 1.75. The van der Waals surface area contributed by atoms with E-state index < -0.39 is 0 Å². The molecule has 0 aromatic heterocycles. The first-order valence-electron chi connectivity index (χ1n) is 5.27. The standard InChI is InChI=1S/C14H16N/c1-11(15-2)9-12-7-8-13-5-3-4-6-14(13)10-12/h3-8,10-11,15H,1,9H2,2H3. The molecule has 0 saturated heterocycles. The Morgan fingerprint density at radius 1 is 1.13 bits per heavy atom. The largest absolute Gasteiger partial charge is 0.317 e. The Morgan fingerprint density at radius 2 is 1.87 bits per heavy atom. The second-order valence-corrected chi connectivity index (χ2v) is 3.87. The average molecular weight is 198 g/mol. The molecular weight excluding hydrogens is 182 g/mol. The van der Waals surface area contributed by atoms with Gasteiger partial charge in [-0.2, -0.15) is 0 Å². The van der Waals surface area contributed by atoms with E-state index >= 15 is 0 Å². The molecule has 1 N–H and O–H groups in total. The minimum absolute atomic E-state index is 0.283. The summed E-state index contributed by atoms with van der Waals surface area (Å²) < 4.78 is 0. The molecule has 0 aliphatic rings. The van der Waals surface area contributed by atoms with Gasteiger partial charge in [-0.1, -0.05) is 42.5 Å². The summed E-state index contributed by atoms with van der Waals surface area (Å²) in [6, 6.07) is 15.3. The summed E-state index contributed by atoms with van der Waals surface area (Å²) in [7, 11) is 1.94. The maximum atomic E-state index is 4.02. The molecule has 0 heterocycles. The third-order valence-corrected chi connectivity index (χ3v) is 2.70. The van der Waals surface area contributed by atoms with Gasteiger partial charge in [-0.3, -0.25) is 0 Å². The van der Waals surface area contributed by atoms with Crippen molar-refractivity contribution in [3.63, 3.8) is 0 Å². The zero-order valence-electron chi connectivity index (χ0n) is 9.03. The number of hydrogen-bond donors (Lipinski definition) is 1. The molecular formula is C14H16N. The summed E-state index contributed by atoms with van der Waals surface area (Å²) >= 11 is 0. The van der Waals surface area contributed by atoms with E-state index in [2.05, 4.69) is 54.7 Å². The summed E-state index contributed by atoms with van der Waals surface area (Å²) in [5.74, 6) is 0. The van der Waals surface area contributed by atoms with Gasteiger partial charge in [0.15, 0.2) is 0 Å². The number of rotatable bonds is 3. The lowest BCUT2D eigenvalue weighted by Crippen LogP contribution is -2.23. The molecule has 0 amide bonds. The van der Waals surface area contributed by atoms with Crippen LogP contribution >= 0.6 is 0 Å². The summed E-state index contributed by atoms with van der Waals surface area (Å²) in [6.07, 6.45) is 0.974. The van der Waals surface area contributed by atoms with Crippen molar-refractivity contribution in [2.45, 2.75) is 12.5 Å². The van der Waals surface area contributed by atoms with Gasteiger partial charge in [0.2, 0.25) is 0 Å². The van der Waals surface area contributed by atoms with Crippen LogP contribution in [0.1, 0.15) is 5.56 Å². The van der Waals surface area contributed by atoms with Crippen LogP contribution in [0.5, 0.6) is 0 Å². The minimum atomic E-state index is 0.283. The Morgan fingerprint density at radius 3 is 2.60 bits per heavy atom. The van der Waals surface area contributed by atoms with Crippen molar-refractivity contribution in [3.05, 3.63) is 55.0 Å². The molecule has 2 aromatic rings. The lowest BCUT2D eigenvalue weighted by atomic mass is 10.0. The van der Waals surface area contributed by atoms with Crippen molar-refractivity contribution in [1.29, 1.82) is 0 Å². The lowest BCUT2D eigenvalue weighted by molar-refractivity contribution is 0.661. The molecule has 1 unspecified atom stereocenters. The van der Waals surface area contributed by atoms with Gasteiger partial charge in [-0.05, 0) is 36.7 Å². The highest BCUT2D eigenvalue weighted by molar-refractivity contribution is 5.82. The van der Waals surface area contributed by atoms with E-state index in [-0.39, 0.29) is 6.04 Å². The third-order valence-electron chi connectivity index (χ3n) is 2.70. The van der Waals surface area contributed by atoms with Gasteiger partial charge in [0.25, 0.3) is 0 Å². The van der Waals surface area contributed by atoms with Crippen molar-refractivity contribution in [2.75, 3.05) is 7.05 Å². The number of likely N-dealkylation sites (N-methyl/N-ethyl adjacent to an activating group) is 1. The second kappa shape index (κ2) is 4.45. The Kier molecular flexibility index (Phi) is 3.02. The van der Waals surface area contributed by atoms with Gasteiger partial charge in [0, 0.05) is 6.04 Å². The Bertz CT molecular complexity index is 448. The van der Waals surface area contributed by atoms with Gasteiger partial charge in [-0.25, -0.2) is 0 Å². The summed E-state index contributed by atoms with van der Waals surface area (Å²) in [6.45, 7) is 4.02. The Hall–Kier alpha value is -1.34. The van der Waals surface area contributed by atoms with Crippen LogP contribution in [0, 0.1) is 6.92 Å². The van der Waals surface area contributed by atoms with E-state index in [0.29, 0.717) is 0 Å². The molecule has 0 spiro atoms. The third kappa shape index (κ3) is 2.37. The van der Waals surface area contributed by atoms with E-state index in [1.54, 1.807) is 0 Å². The predicted octanol–water partition coefficient (Wildman–Crippen LogP) is 2.80. The predicted molar refractivity (Wildman–Crippen MR) is 65.9 cm³/mol. The van der Waals surface area contributed by atoms with Gasteiger partial charge in [-0.15, -0.1) is 0 Å². The zero-order chi connectivity index (χ0) is 10.7. The first-order valence-corrected chi connectivity index (χ1v) is 5.27. The SMILES string of the molecule is [CH2]C(Cc1ccc2ccccc2c1)NC. The molecule has 0 saturated carbocycles. The summed E-state index contributed by atoms with van der Waals surface area (Å²) in [4.78, 5) is 0. The Labute approximate surface area is 91.1 Å². The van der Waals surface area contributed by atoms with E-state index in [1.807, 2.05) is 7.05 Å². The molecule has 0 aliphatic carbocycles. The zero-order valence-corrected chi connectivity index (χ0v) is 9.03. The molecule has 0 aliphatic heterocycles. The van der Waals surface area contributed by atoms with Crippen molar-refractivity contribution < 1.29 is 0 Å². The molecule has 2 rings (SSSR count). The van der Waals surface area contributed by atoms with Crippen molar-refractivity contribution in [3.8, 4) is 0 Å². The molecule has 1 nitrogen and oxygen atoms in total. The first kappa shape index (κ1) is 10.2. The van der Waals surface area contributed by atoms with Crippen LogP contribution in [-0.2, 0) is 6.42 Å². The first-order chi connectivity index (χ1) is 7.29. The fraction of sp³-hybridized carbons (Fsp3) is 0.214. The van der Waals surface area contributed by atoms with E-state index in [4.69, 9.17) is 0 Å². The quantitative estimate of drug-likeness (QED) is 0.799. The Balaban J connectivity index is 2.30. The van der Waals surface area contributed by atoms with E-state index in [9.17, 15) is 0 Å². The van der Waals surface area contributed by atoms with Gasteiger partial charge < -0.3 is 5.32 Å². The van der Waals surface area contributed by atoms with Crippen LogP contribution in [-0.4, -0.2) is 13.1 Å². The molecule has 1 heteroatoms. The number of fused-ring (bicyclic) bond motifs is 1. The smallest absolute Gasteiger partial charge is 0.0105 e. The van der Waals surface area contributed by atoms with E-state index in [0.717, 1.165) is 6.42 Å². The van der Waals surface area contributed by atoms with Crippen LogP contribution in [0.15, 0.2) is 42.5 Å². The molecule has 1 atom stereocenters. The summed E-state index contributed by atoms with van der Waals surface area (Å²) in [5, 5.41) is 5.75. The van der Waals surface area contributed by atoms with Gasteiger partial charge >= 0.3 is 0 Å².